The van der Waals surface area contributed by atoms with E-state index in [0.29, 0.717) is 6.61 Å². The van der Waals surface area contributed by atoms with Crippen LogP contribution in [0.5, 0.6) is 0 Å². The number of carbonyl (C=O) groups excluding carboxylic acids is 1. The fourth-order valence-corrected chi connectivity index (χ4v) is 2.89. The van der Waals surface area contributed by atoms with Crippen molar-refractivity contribution in [2.45, 2.75) is 6.92 Å². The Labute approximate surface area is 127 Å². The molecule has 0 spiro atoms. The van der Waals surface area contributed by atoms with Gasteiger partial charge in [0.2, 0.25) is 5.76 Å². The predicted octanol–water partition coefficient (Wildman–Crippen LogP) is 4.92. The Morgan fingerprint density at radius 3 is 2.59 bits per heavy atom. The maximum absolute atomic E-state index is 11.8. The highest BCUT2D eigenvalue weighted by Gasteiger charge is 2.15. The molecule has 0 saturated heterocycles. The third-order valence-corrected chi connectivity index (χ3v) is 3.88. The minimum Gasteiger partial charge on any atom is -0.460 e. The topological polar surface area (TPSA) is 39.4 Å². The molecule has 1 heterocycles. The van der Waals surface area contributed by atoms with Crippen LogP contribution in [0.1, 0.15) is 17.5 Å². The SMILES string of the molecule is CCOC(=O)c1cc2ccc3c4ccccc4ccc3c2o1. The van der Waals surface area contributed by atoms with Gasteiger partial charge < -0.3 is 9.15 Å². The van der Waals surface area contributed by atoms with Gasteiger partial charge in [0.25, 0.3) is 0 Å². The lowest BCUT2D eigenvalue weighted by Crippen LogP contribution is -2.02. The molecule has 0 unspecified atom stereocenters. The standard InChI is InChI=1S/C19H14O3/c1-2-21-19(20)17-11-13-8-9-15-14-6-4-3-5-12(14)7-10-16(15)18(13)22-17/h3-11H,2H2,1H3. The summed E-state index contributed by atoms with van der Waals surface area (Å²) in [5.41, 5.74) is 0.728. The summed E-state index contributed by atoms with van der Waals surface area (Å²) < 4.78 is 10.8. The summed E-state index contributed by atoms with van der Waals surface area (Å²) in [5.74, 6) is -0.176. The van der Waals surface area contributed by atoms with E-state index in [4.69, 9.17) is 9.15 Å². The van der Waals surface area contributed by atoms with Gasteiger partial charge in [-0.2, -0.15) is 0 Å². The number of hydrogen-bond acceptors (Lipinski definition) is 3. The van der Waals surface area contributed by atoms with E-state index >= 15 is 0 Å². The molecule has 0 saturated carbocycles. The molecule has 0 aliphatic heterocycles. The highest BCUT2D eigenvalue weighted by molar-refractivity contribution is 6.16. The normalized spacial score (nSPS) is 11.3. The van der Waals surface area contributed by atoms with Crippen molar-refractivity contribution in [3.8, 4) is 0 Å². The first kappa shape index (κ1) is 12.9. The number of fused-ring (bicyclic) bond motifs is 5. The second-order valence-corrected chi connectivity index (χ2v) is 5.20. The van der Waals surface area contributed by atoms with Crippen LogP contribution in [0, 0.1) is 0 Å². The van der Waals surface area contributed by atoms with Crippen molar-refractivity contribution < 1.29 is 13.9 Å². The van der Waals surface area contributed by atoms with E-state index in [-0.39, 0.29) is 5.76 Å². The zero-order chi connectivity index (χ0) is 15.1. The van der Waals surface area contributed by atoms with Gasteiger partial charge in [-0.05, 0) is 35.2 Å². The van der Waals surface area contributed by atoms with Gasteiger partial charge in [-0.1, -0.05) is 42.5 Å². The van der Waals surface area contributed by atoms with Gasteiger partial charge in [-0.25, -0.2) is 4.79 Å². The monoisotopic (exact) mass is 290 g/mol. The number of furan rings is 1. The van der Waals surface area contributed by atoms with Crippen molar-refractivity contribution in [3.05, 3.63) is 60.4 Å². The van der Waals surface area contributed by atoms with Gasteiger partial charge in [-0.15, -0.1) is 0 Å². The summed E-state index contributed by atoms with van der Waals surface area (Å²) in [5, 5.41) is 5.40. The van der Waals surface area contributed by atoms with E-state index in [1.165, 1.54) is 10.8 Å². The summed E-state index contributed by atoms with van der Waals surface area (Å²) in [7, 11) is 0. The van der Waals surface area contributed by atoms with Gasteiger partial charge in [0, 0.05) is 10.8 Å². The maximum Gasteiger partial charge on any atom is 0.374 e. The van der Waals surface area contributed by atoms with Crippen molar-refractivity contribution in [1.82, 2.24) is 0 Å². The third kappa shape index (κ3) is 1.86. The molecule has 3 heteroatoms. The van der Waals surface area contributed by atoms with Crippen molar-refractivity contribution in [3.63, 3.8) is 0 Å². The molecule has 4 aromatic rings. The van der Waals surface area contributed by atoms with E-state index in [0.717, 1.165) is 21.7 Å². The smallest absolute Gasteiger partial charge is 0.374 e. The van der Waals surface area contributed by atoms with Crippen LogP contribution in [-0.4, -0.2) is 12.6 Å². The molecule has 3 nitrogen and oxygen atoms in total. The molecule has 0 atom stereocenters. The molecule has 0 bridgehead atoms. The van der Waals surface area contributed by atoms with Crippen molar-refractivity contribution >= 4 is 38.5 Å². The third-order valence-electron chi connectivity index (χ3n) is 3.88. The van der Waals surface area contributed by atoms with E-state index < -0.39 is 5.97 Å². The van der Waals surface area contributed by atoms with Crippen molar-refractivity contribution in [2.24, 2.45) is 0 Å². The summed E-state index contributed by atoms with van der Waals surface area (Å²) >= 11 is 0. The Morgan fingerprint density at radius 2 is 1.73 bits per heavy atom. The Kier molecular flexibility index (Phi) is 2.86. The highest BCUT2D eigenvalue weighted by atomic mass is 16.5. The number of carbonyl (C=O) groups is 1. The fourth-order valence-electron chi connectivity index (χ4n) is 2.89. The Bertz CT molecular complexity index is 1010. The highest BCUT2D eigenvalue weighted by Crippen LogP contribution is 2.32. The first-order chi connectivity index (χ1) is 10.8. The lowest BCUT2D eigenvalue weighted by Gasteiger charge is -2.04. The minimum absolute atomic E-state index is 0.248. The van der Waals surface area contributed by atoms with Crippen LogP contribution in [0.2, 0.25) is 0 Å². The average molecular weight is 290 g/mol. The number of benzene rings is 3. The van der Waals surface area contributed by atoms with Crippen LogP contribution < -0.4 is 0 Å². The molecule has 1 aromatic heterocycles. The van der Waals surface area contributed by atoms with Crippen LogP contribution >= 0.6 is 0 Å². The molecular weight excluding hydrogens is 276 g/mol. The molecule has 3 aromatic carbocycles. The van der Waals surface area contributed by atoms with Crippen LogP contribution in [0.15, 0.2) is 59.0 Å². The van der Waals surface area contributed by atoms with Gasteiger partial charge in [0.05, 0.1) is 6.61 Å². The van der Waals surface area contributed by atoms with Crippen molar-refractivity contribution in [1.29, 1.82) is 0 Å². The summed E-state index contributed by atoms with van der Waals surface area (Å²) in [6, 6.07) is 18.1. The summed E-state index contributed by atoms with van der Waals surface area (Å²) in [6.45, 7) is 2.11. The maximum atomic E-state index is 11.8. The van der Waals surface area contributed by atoms with E-state index in [1.54, 1.807) is 13.0 Å². The zero-order valence-electron chi connectivity index (χ0n) is 12.1. The number of hydrogen-bond donors (Lipinski definition) is 0. The number of esters is 1. The molecule has 0 aliphatic rings. The molecule has 0 radical (unpaired) electrons. The predicted molar refractivity (Wildman–Crippen MR) is 87.2 cm³/mol. The zero-order valence-corrected chi connectivity index (χ0v) is 12.1. The quantitative estimate of drug-likeness (QED) is 0.389. The lowest BCUT2D eigenvalue weighted by atomic mass is 10.0. The lowest BCUT2D eigenvalue weighted by molar-refractivity contribution is 0.0493. The average Bonchev–Trinajstić information content (AvgIpc) is 2.99. The Balaban J connectivity index is 2.02. The number of rotatable bonds is 2. The van der Waals surface area contributed by atoms with E-state index in [1.807, 2.05) is 24.3 Å². The second kappa shape index (κ2) is 4.88. The van der Waals surface area contributed by atoms with Crippen LogP contribution in [-0.2, 0) is 4.74 Å². The number of ether oxygens (including phenoxy) is 1. The summed E-state index contributed by atoms with van der Waals surface area (Å²) in [6.07, 6.45) is 0. The van der Waals surface area contributed by atoms with Gasteiger partial charge in [0.1, 0.15) is 5.58 Å². The van der Waals surface area contributed by atoms with Crippen LogP contribution in [0.3, 0.4) is 0 Å². The Hall–Kier alpha value is -2.81. The second-order valence-electron chi connectivity index (χ2n) is 5.20. The summed E-state index contributed by atoms with van der Waals surface area (Å²) in [4.78, 5) is 11.8. The molecule has 0 N–H and O–H groups in total. The first-order valence-corrected chi connectivity index (χ1v) is 7.29. The molecule has 22 heavy (non-hydrogen) atoms. The largest absolute Gasteiger partial charge is 0.460 e. The van der Waals surface area contributed by atoms with E-state index in [2.05, 4.69) is 24.3 Å². The molecule has 4 rings (SSSR count). The molecular formula is C19H14O3. The molecule has 0 fully saturated rings. The fraction of sp³-hybridized carbons (Fsp3) is 0.105. The van der Waals surface area contributed by atoms with Crippen LogP contribution in [0.25, 0.3) is 32.5 Å². The van der Waals surface area contributed by atoms with Crippen molar-refractivity contribution in [2.75, 3.05) is 6.61 Å². The van der Waals surface area contributed by atoms with E-state index in [9.17, 15) is 4.79 Å². The molecule has 0 amide bonds. The van der Waals surface area contributed by atoms with Gasteiger partial charge in [-0.3, -0.25) is 0 Å². The molecule has 108 valence electrons. The minimum atomic E-state index is -0.423. The first-order valence-electron chi connectivity index (χ1n) is 7.29. The van der Waals surface area contributed by atoms with Crippen LogP contribution in [0.4, 0.5) is 0 Å². The van der Waals surface area contributed by atoms with Gasteiger partial charge in [0.15, 0.2) is 0 Å². The molecule has 0 aliphatic carbocycles. The Morgan fingerprint density at radius 1 is 0.955 bits per heavy atom. The van der Waals surface area contributed by atoms with Gasteiger partial charge >= 0.3 is 5.97 Å².